The van der Waals surface area contributed by atoms with E-state index in [1.54, 1.807) is 7.11 Å². The summed E-state index contributed by atoms with van der Waals surface area (Å²) in [7, 11) is 1.61. The SMILES string of the molecule is CCNC(=NCC(=O)NCCOC)NC1CCN(Cc2ccccc2)C(C)C1.I. The number of hydrogen-bond acceptors (Lipinski definition) is 4. The zero-order chi connectivity index (χ0) is 20.2. The van der Waals surface area contributed by atoms with Crippen LogP contribution in [0.5, 0.6) is 0 Å². The minimum atomic E-state index is -0.0969. The molecule has 1 aliphatic rings. The predicted molar refractivity (Wildman–Crippen MR) is 129 cm³/mol. The molecule has 1 saturated heterocycles. The van der Waals surface area contributed by atoms with Crippen molar-refractivity contribution in [2.75, 3.05) is 39.9 Å². The van der Waals surface area contributed by atoms with E-state index in [9.17, 15) is 4.79 Å². The summed E-state index contributed by atoms with van der Waals surface area (Å²) in [6.45, 7) is 8.24. The number of nitrogens with zero attached hydrogens (tertiary/aromatic N) is 2. The van der Waals surface area contributed by atoms with Gasteiger partial charge in [-0.2, -0.15) is 0 Å². The molecule has 7 nitrogen and oxygen atoms in total. The van der Waals surface area contributed by atoms with Crippen LogP contribution in [-0.2, 0) is 16.1 Å². The maximum absolute atomic E-state index is 11.9. The average Bonchev–Trinajstić information content (AvgIpc) is 2.69. The monoisotopic (exact) mass is 517 g/mol. The number of carbonyl (C=O) groups is 1. The van der Waals surface area contributed by atoms with E-state index in [4.69, 9.17) is 4.74 Å². The average molecular weight is 517 g/mol. The number of benzene rings is 1. The lowest BCUT2D eigenvalue weighted by Crippen LogP contribution is -2.51. The third-order valence-electron chi connectivity index (χ3n) is 4.94. The van der Waals surface area contributed by atoms with Gasteiger partial charge in [0, 0.05) is 45.4 Å². The van der Waals surface area contributed by atoms with Crippen molar-refractivity contribution in [3.63, 3.8) is 0 Å². The number of ether oxygens (including phenoxy) is 1. The van der Waals surface area contributed by atoms with Crippen LogP contribution < -0.4 is 16.0 Å². The second-order valence-electron chi connectivity index (χ2n) is 7.21. The summed E-state index contributed by atoms with van der Waals surface area (Å²) in [5, 5.41) is 9.53. The standard InChI is InChI=1S/C21H35N5O2.HI/c1-4-22-21(24-15-20(27)23-11-13-28-3)25-19-10-12-26(17(2)14-19)16-18-8-6-5-7-9-18;/h5-9,17,19H,4,10-16H2,1-3H3,(H,23,27)(H2,22,24,25);1H. The molecule has 0 bridgehead atoms. The first-order chi connectivity index (χ1) is 13.6. The first kappa shape index (κ1) is 25.6. The maximum atomic E-state index is 11.9. The van der Waals surface area contributed by atoms with E-state index in [0.717, 1.165) is 32.5 Å². The highest BCUT2D eigenvalue weighted by molar-refractivity contribution is 14.0. The van der Waals surface area contributed by atoms with Crippen molar-refractivity contribution >= 4 is 35.8 Å². The van der Waals surface area contributed by atoms with Crippen LogP contribution in [0.25, 0.3) is 0 Å². The molecule has 8 heteroatoms. The lowest BCUT2D eigenvalue weighted by atomic mass is 9.97. The molecule has 1 fully saturated rings. The normalized spacial score (nSPS) is 19.9. The fourth-order valence-corrected chi connectivity index (χ4v) is 3.42. The Morgan fingerprint density at radius 2 is 2.03 bits per heavy atom. The number of hydrogen-bond donors (Lipinski definition) is 3. The molecule has 2 rings (SSSR count). The molecule has 0 spiro atoms. The molecular weight excluding hydrogens is 481 g/mol. The molecule has 2 atom stereocenters. The lowest BCUT2D eigenvalue weighted by molar-refractivity contribution is -0.119. The Morgan fingerprint density at radius 3 is 2.69 bits per heavy atom. The van der Waals surface area contributed by atoms with Gasteiger partial charge in [-0.05, 0) is 32.3 Å². The zero-order valence-corrected chi connectivity index (χ0v) is 20.1. The maximum Gasteiger partial charge on any atom is 0.241 e. The number of halogens is 1. The minimum absolute atomic E-state index is 0. The molecule has 0 saturated carbocycles. The molecule has 1 aliphatic heterocycles. The van der Waals surface area contributed by atoms with Crippen LogP contribution in [0, 0.1) is 0 Å². The van der Waals surface area contributed by atoms with Crippen LogP contribution in [-0.4, -0.2) is 68.7 Å². The molecule has 2 unspecified atom stereocenters. The summed E-state index contributed by atoms with van der Waals surface area (Å²) >= 11 is 0. The highest BCUT2D eigenvalue weighted by Gasteiger charge is 2.26. The van der Waals surface area contributed by atoms with Gasteiger partial charge in [-0.3, -0.25) is 9.69 Å². The van der Waals surface area contributed by atoms with E-state index in [0.29, 0.717) is 31.2 Å². The fraction of sp³-hybridized carbons (Fsp3) is 0.619. The molecule has 0 aromatic heterocycles. The predicted octanol–water partition coefficient (Wildman–Crippen LogP) is 1.98. The summed E-state index contributed by atoms with van der Waals surface area (Å²) < 4.78 is 4.93. The number of carbonyl (C=O) groups excluding carboxylic acids is 1. The first-order valence-corrected chi connectivity index (χ1v) is 10.2. The van der Waals surface area contributed by atoms with Crippen molar-refractivity contribution < 1.29 is 9.53 Å². The topological polar surface area (TPSA) is 78.0 Å². The Morgan fingerprint density at radius 1 is 1.28 bits per heavy atom. The molecule has 164 valence electrons. The van der Waals surface area contributed by atoms with Crippen molar-refractivity contribution in [1.29, 1.82) is 0 Å². The van der Waals surface area contributed by atoms with Crippen LogP contribution in [0.4, 0.5) is 0 Å². The second kappa shape index (κ2) is 14.6. The Hall–Kier alpha value is -1.39. The van der Waals surface area contributed by atoms with Gasteiger partial charge in [0.1, 0.15) is 6.54 Å². The quantitative estimate of drug-likeness (QED) is 0.202. The summed E-state index contributed by atoms with van der Waals surface area (Å²) in [5.41, 5.74) is 1.36. The summed E-state index contributed by atoms with van der Waals surface area (Å²) in [4.78, 5) is 18.8. The second-order valence-corrected chi connectivity index (χ2v) is 7.21. The van der Waals surface area contributed by atoms with Gasteiger partial charge in [-0.25, -0.2) is 4.99 Å². The molecule has 3 N–H and O–H groups in total. The van der Waals surface area contributed by atoms with Crippen molar-refractivity contribution in [2.24, 2.45) is 4.99 Å². The third kappa shape index (κ3) is 9.77. The molecule has 0 aliphatic carbocycles. The largest absolute Gasteiger partial charge is 0.383 e. The van der Waals surface area contributed by atoms with Crippen molar-refractivity contribution in [2.45, 2.75) is 45.3 Å². The van der Waals surface area contributed by atoms with E-state index in [1.165, 1.54) is 5.56 Å². The number of methoxy groups -OCH3 is 1. The lowest BCUT2D eigenvalue weighted by Gasteiger charge is -2.38. The molecule has 1 heterocycles. The number of piperidine rings is 1. The summed E-state index contributed by atoms with van der Waals surface area (Å²) in [6, 6.07) is 11.5. The van der Waals surface area contributed by atoms with Crippen LogP contribution in [0.1, 0.15) is 32.3 Å². The van der Waals surface area contributed by atoms with E-state index in [2.05, 4.69) is 63.1 Å². The van der Waals surface area contributed by atoms with Gasteiger partial charge in [-0.15, -0.1) is 24.0 Å². The highest BCUT2D eigenvalue weighted by Crippen LogP contribution is 2.19. The van der Waals surface area contributed by atoms with Gasteiger partial charge < -0.3 is 20.7 Å². The van der Waals surface area contributed by atoms with Crippen molar-refractivity contribution in [3.05, 3.63) is 35.9 Å². The Kier molecular flexibility index (Phi) is 12.9. The van der Waals surface area contributed by atoms with Gasteiger partial charge in [0.15, 0.2) is 5.96 Å². The van der Waals surface area contributed by atoms with Gasteiger partial charge >= 0.3 is 0 Å². The van der Waals surface area contributed by atoms with Gasteiger partial charge in [-0.1, -0.05) is 30.3 Å². The Labute approximate surface area is 192 Å². The number of rotatable bonds is 9. The molecule has 1 amide bonds. The van der Waals surface area contributed by atoms with Gasteiger partial charge in [0.2, 0.25) is 5.91 Å². The summed E-state index contributed by atoms with van der Waals surface area (Å²) in [6.07, 6.45) is 2.11. The summed E-state index contributed by atoms with van der Waals surface area (Å²) in [5.74, 6) is 0.610. The fourth-order valence-electron chi connectivity index (χ4n) is 3.42. The molecular formula is C21H36IN5O2. The van der Waals surface area contributed by atoms with Crippen molar-refractivity contribution in [3.8, 4) is 0 Å². The number of nitrogens with one attached hydrogen (secondary N) is 3. The zero-order valence-electron chi connectivity index (χ0n) is 17.8. The van der Waals surface area contributed by atoms with Crippen LogP contribution in [0.15, 0.2) is 35.3 Å². The van der Waals surface area contributed by atoms with Crippen molar-refractivity contribution in [1.82, 2.24) is 20.9 Å². The van der Waals surface area contributed by atoms with E-state index in [1.807, 2.05) is 6.92 Å². The highest BCUT2D eigenvalue weighted by atomic mass is 127. The van der Waals surface area contributed by atoms with E-state index >= 15 is 0 Å². The van der Waals surface area contributed by atoms with Gasteiger partial charge in [0.05, 0.1) is 6.61 Å². The number of aliphatic imine (C=N–C) groups is 1. The third-order valence-corrected chi connectivity index (χ3v) is 4.94. The Balaban J connectivity index is 0.00000420. The van der Waals surface area contributed by atoms with Crippen LogP contribution in [0.2, 0.25) is 0 Å². The minimum Gasteiger partial charge on any atom is -0.383 e. The van der Waals surface area contributed by atoms with E-state index in [-0.39, 0.29) is 36.4 Å². The number of likely N-dealkylation sites (tertiary alicyclic amines) is 1. The molecule has 1 aromatic carbocycles. The van der Waals surface area contributed by atoms with Crippen LogP contribution in [0.3, 0.4) is 0 Å². The Bertz CT molecular complexity index is 614. The number of guanidine groups is 1. The molecule has 0 radical (unpaired) electrons. The smallest absolute Gasteiger partial charge is 0.241 e. The number of amides is 1. The van der Waals surface area contributed by atoms with E-state index < -0.39 is 0 Å². The molecule has 1 aromatic rings. The van der Waals surface area contributed by atoms with Gasteiger partial charge in [0.25, 0.3) is 0 Å². The first-order valence-electron chi connectivity index (χ1n) is 10.2. The van der Waals surface area contributed by atoms with Crippen LogP contribution >= 0.6 is 24.0 Å². The molecule has 29 heavy (non-hydrogen) atoms.